The number of aromatic nitrogens is 3. The molecule has 2 fully saturated rings. The van der Waals surface area contributed by atoms with Crippen LogP contribution in [0.5, 0.6) is 0 Å². The van der Waals surface area contributed by atoms with Gasteiger partial charge in [0.1, 0.15) is 0 Å². The molecule has 3 unspecified atom stereocenters. The van der Waals surface area contributed by atoms with Crippen LogP contribution in [0.4, 0.5) is 0 Å². The van der Waals surface area contributed by atoms with Gasteiger partial charge in [-0.1, -0.05) is 48.5 Å². The Morgan fingerprint density at radius 3 is 2.34 bits per heavy atom. The summed E-state index contributed by atoms with van der Waals surface area (Å²) in [6.45, 7) is 1.48. The molecule has 2 heterocycles. The van der Waals surface area contributed by atoms with Crippen molar-refractivity contribution in [2.75, 3.05) is 13.1 Å². The molecule has 3 aromatic rings. The number of nitrogens with zero attached hydrogens (tertiary/aromatic N) is 4. The molecular formula is C22H24ClN5O. The van der Waals surface area contributed by atoms with Gasteiger partial charge in [0.05, 0.1) is 5.69 Å². The quantitative estimate of drug-likeness (QED) is 0.720. The minimum Gasteiger partial charge on any atom is -0.335 e. The predicted octanol–water partition coefficient (Wildman–Crippen LogP) is 3.17. The van der Waals surface area contributed by atoms with Gasteiger partial charge < -0.3 is 10.6 Å². The van der Waals surface area contributed by atoms with Gasteiger partial charge >= 0.3 is 0 Å². The molecule has 0 radical (unpaired) electrons. The summed E-state index contributed by atoms with van der Waals surface area (Å²) in [5.74, 6) is 1.74. The summed E-state index contributed by atoms with van der Waals surface area (Å²) in [4.78, 5) is 19.7. The Morgan fingerprint density at radius 1 is 0.966 bits per heavy atom. The van der Waals surface area contributed by atoms with Crippen LogP contribution in [0.25, 0.3) is 17.1 Å². The summed E-state index contributed by atoms with van der Waals surface area (Å²) in [7, 11) is 0. The van der Waals surface area contributed by atoms with Gasteiger partial charge in [0.2, 0.25) is 5.82 Å². The topological polar surface area (TPSA) is 77.0 Å². The Hall–Kier alpha value is -2.70. The van der Waals surface area contributed by atoms with Crippen molar-refractivity contribution in [2.45, 2.75) is 18.9 Å². The van der Waals surface area contributed by atoms with Crippen molar-refractivity contribution in [3.8, 4) is 17.1 Å². The fourth-order valence-corrected chi connectivity index (χ4v) is 4.54. The molecule has 7 heteroatoms. The van der Waals surface area contributed by atoms with Gasteiger partial charge in [-0.2, -0.15) is 0 Å². The molecule has 1 aromatic heterocycles. The smallest absolute Gasteiger partial charge is 0.293 e. The SMILES string of the molecule is Cl.NC1CCC2CN(C(=O)c3nc(-c4ccccc4)n(-c4ccccc4)n3)CC12. The van der Waals surface area contributed by atoms with Crippen molar-refractivity contribution in [3.63, 3.8) is 0 Å². The zero-order valence-corrected chi connectivity index (χ0v) is 16.8. The van der Waals surface area contributed by atoms with Crippen LogP contribution in [0.3, 0.4) is 0 Å². The molecule has 1 aliphatic heterocycles. The number of halogens is 1. The lowest BCUT2D eigenvalue weighted by Crippen LogP contribution is -2.34. The minimum atomic E-state index is -0.103. The van der Waals surface area contributed by atoms with E-state index in [1.165, 1.54) is 0 Å². The third-order valence-electron chi connectivity index (χ3n) is 6.03. The van der Waals surface area contributed by atoms with Crippen LogP contribution in [0, 0.1) is 11.8 Å². The fourth-order valence-electron chi connectivity index (χ4n) is 4.54. The first-order valence-corrected chi connectivity index (χ1v) is 9.83. The first-order chi connectivity index (χ1) is 13.7. The van der Waals surface area contributed by atoms with Crippen molar-refractivity contribution >= 4 is 18.3 Å². The molecule has 6 nitrogen and oxygen atoms in total. The van der Waals surface area contributed by atoms with E-state index in [1.807, 2.05) is 65.6 Å². The molecule has 1 aliphatic carbocycles. The Morgan fingerprint density at radius 2 is 1.66 bits per heavy atom. The van der Waals surface area contributed by atoms with Gasteiger partial charge in [-0.3, -0.25) is 4.79 Å². The second-order valence-corrected chi connectivity index (χ2v) is 7.75. The maximum absolute atomic E-state index is 13.2. The fraction of sp³-hybridized carbons (Fsp3) is 0.318. The molecular weight excluding hydrogens is 386 g/mol. The first kappa shape index (κ1) is 19.6. The molecule has 150 valence electrons. The number of fused-ring (bicyclic) bond motifs is 1. The van der Waals surface area contributed by atoms with Gasteiger partial charge in [0, 0.05) is 24.7 Å². The lowest BCUT2D eigenvalue weighted by atomic mass is 9.98. The second kappa shape index (κ2) is 7.97. The molecule has 29 heavy (non-hydrogen) atoms. The van der Waals surface area contributed by atoms with Crippen LogP contribution in [0.2, 0.25) is 0 Å². The monoisotopic (exact) mass is 409 g/mol. The summed E-state index contributed by atoms with van der Waals surface area (Å²) < 4.78 is 1.76. The maximum Gasteiger partial charge on any atom is 0.293 e. The number of amides is 1. The molecule has 5 rings (SSSR count). The van der Waals surface area contributed by atoms with E-state index in [1.54, 1.807) is 4.68 Å². The van der Waals surface area contributed by atoms with Crippen LogP contribution in [0.15, 0.2) is 60.7 Å². The zero-order valence-electron chi connectivity index (χ0n) is 16.0. The number of carbonyl (C=O) groups excluding carboxylic acids is 1. The van der Waals surface area contributed by atoms with Crippen LogP contribution in [-0.4, -0.2) is 44.7 Å². The molecule has 2 aliphatic rings. The van der Waals surface area contributed by atoms with Crippen LogP contribution >= 0.6 is 12.4 Å². The summed E-state index contributed by atoms with van der Waals surface area (Å²) >= 11 is 0. The maximum atomic E-state index is 13.2. The molecule has 0 bridgehead atoms. The molecule has 0 spiro atoms. The van der Waals surface area contributed by atoms with Gasteiger partial charge in [0.15, 0.2) is 5.82 Å². The summed E-state index contributed by atoms with van der Waals surface area (Å²) in [6, 6.07) is 19.9. The Balaban J connectivity index is 0.00000205. The Bertz CT molecular complexity index is 934. The summed E-state index contributed by atoms with van der Waals surface area (Å²) in [5, 5.41) is 4.60. The zero-order chi connectivity index (χ0) is 19.1. The van der Waals surface area contributed by atoms with Gasteiger partial charge in [0.25, 0.3) is 5.91 Å². The molecule has 1 saturated carbocycles. The largest absolute Gasteiger partial charge is 0.335 e. The van der Waals surface area contributed by atoms with Crippen LogP contribution in [-0.2, 0) is 0 Å². The van der Waals surface area contributed by atoms with E-state index in [0.717, 1.165) is 30.6 Å². The van der Waals surface area contributed by atoms with Gasteiger partial charge in [-0.25, -0.2) is 9.67 Å². The standard InChI is InChI=1S/C22H23N5O.ClH/c23-19-12-11-16-13-26(14-18(16)19)22(28)20-24-21(15-7-3-1-4-8-15)27(25-20)17-9-5-2-6-10-17;/h1-10,16,18-19H,11-14,23H2;1H. The van der Waals surface area contributed by atoms with Crippen LogP contribution < -0.4 is 5.73 Å². The normalized spacial score (nSPS) is 22.9. The highest BCUT2D eigenvalue weighted by Gasteiger charge is 2.43. The number of carbonyl (C=O) groups is 1. The predicted molar refractivity (Wildman–Crippen MR) is 114 cm³/mol. The Kier molecular flexibility index (Phi) is 5.39. The molecule has 3 atom stereocenters. The molecule has 2 N–H and O–H groups in total. The third kappa shape index (κ3) is 3.54. The molecule has 1 amide bonds. The van der Waals surface area contributed by atoms with Gasteiger partial charge in [-0.15, -0.1) is 17.5 Å². The summed E-state index contributed by atoms with van der Waals surface area (Å²) in [5.41, 5.74) is 8.04. The van der Waals surface area contributed by atoms with E-state index in [4.69, 9.17) is 5.73 Å². The van der Waals surface area contributed by atoms with E-state index < -0.39 is 0 Å². The van der Waals surface area contributed by atoms with E-state index >= 15 is 0 Å². The number of rotatable bonds is 3. The highest BCUT2D eigenvalue weighted by molar-refractivity contribution is 5.91. The third-order valence-corrected chi connectivity index (χ3v) is 6.03. The van der Waals surface area contributed by atoms with E-state index in [-0.39, 0.29) is 30.2 Å². The highest BCUT2D eigenvalue weighted by Crippen LogP contribution is 2.37. The highest BCUT2D eigenvalue weighted by atomic mass is 35.5. The van der Waals surface area contributed by atoms with Crippen molar-refractivity contribution in [1.29, 1.82) is 0 Å². The van der Waals surface area contributed by atoms with Crippen molar-refractivity contribution < 1.29 is 4.79 Å². The van der Waals surface area contributed by atoms with Crippen molar-refractivity contribution in [2.24, 2.45) is 17.6 Å². The van der Waals surface area contributed by atoms with Crippen molar-refractivity contribution in [1.82, 2.24) is 19.7 Å². The number of para-hydroxylation sites is 1. The summed E-state index contributed by atoms with van der Waals surface area (Å²) in [6.07, 6.45) is 2.17. The second-order valence-electron chi connectivity index (χ2n) is 7.75. The van der Waals surface area contributed by atoms with Gasteiger partial charge in [-0.05, 0) is 36.8 Å². The number of benzene rings is 2. The average molecular weight is 410 g/mol. The van der Waals surface area contributed by atoms with E-state index in [0.29, 0.717) is 24.2 Å². The average Bonchev–Trinajstić information content (AvgIpc) is 3.45. The molecule has 1 saturated heterocycles. The lowest BCUT2D eigenvalue weighted by molar-refractivity contribution is 0.0767. The van der Waals surface area contributed by atoms with E-state index in [9.17, 15) is 4.79 Å². The van der Waals surface area contributed by atoms with Crippen molar-refractivity contribution in [3.05, 3.63) is 66.5 Å². The van der Waals surface area contributed by atoms with E-state index in [2.05, 4.69) is 10.1 Å². The molecule has 2 aromatic carbocycles. The lowest BCUT2D eigenvalue weighted by Gasteiger charge is -2.17. The minimum absolute atomic E-state index is 0. The Labute approximate surface area is 176 Å². The number of hydrogen-bond acceptors (Lipinski definition) is 4. The first-order valence-electron chi connectivity index (χ1n) is 9.83. The number of nitrogens with two attached hydrogens (primary N) is 1. The van der Waals surface area contributed by atoms with Crippen LogP contribution in [0.1, 0.15) is 23.5 Å². The number of hydrogen-bond donors (Lipinski definition) is 1. The number of likely N-dealkylation sites (tertiary alicyclic amines) is 1.